The lowest BCUT2D eigenvalue weighted by atomic mass is 10.1. The predicted molar refractivity (Wildman–Crippen MR) is 214 cm³/mol. The van der Waals surface area contributed by atoms with Crippen molar-refractivity contribution in [1.29, 1.82) is 0 Å². The van der Waals surface area contributed by atoms with Crippen molar-refractivity contribution in [3.63, 3.8) is 0 Å². The minimum atomic E-state index is -0.817. The molecule has 0 rings (SSSR count). The number of esters is 3. The van der Waals surface area contributed by atoms with Crippen molar-refractivity contribution in [2.24, 2.45) is 0 Å². The third-order valence-corrected chi connectivity index (χ3v) is 7.90. The van der Waals surface area contributed by atoms with Gasteiger partial charge in [-0.25, -0.2) is 0 Å². The number of ether oxygens (including phenoxy) is 3. The van der Waals surface area contributed by atoms with Crippen molar-refractivity contribution in [3.05, 3.63) is 85.1 Å². The van der Waals surface area contributed by atoms with Crippen LogP contribution in [0.2, 0.25) is 0 Å². The van der Waals surface area contributed by atoms with Gasteiger partial charge in [-0.2, -0.15) is 0 Å². The molecule has 51 heavy (non-hydrogen) atoms. The Hall–Kier alpha value is -3.41. The van der Waals surface area contributed by atoms with Gasteiger partial charge in [0.25, 0.3) is 0 Å². The lowest BCUT2D eigenvalue weighted by Crippen LogP contribution is -2.30. The molecule has 0 aromatic heterocycles. The average Bonchev–Trinajstić information content (AvgIpc) is 3.12. The van der Waals surface area contributed by atoms with E-state index in [4.69, 9.17) is 14.2 Å². The first-order valence-electron chi connectivity index (χ1n) is 20.1. The first kappa shape index (κ1) is 47.6. The van der Waals surface area contributed by atoms with Gasteiger partial charge in [0.15, 0.2) is 6.10 Å². The number of hydrogen-bond acceptors (Lipinski definition) is 6. The third kappa shape index (κ3) is 37.7. The highest BCUT2D eigenvalue weighted by Crippen LogP contribution is 2.11. The maximum Gasteiger partial charge on any atom is 0.309 e. The normalized spacial score (nSPS) is 12.9. The molecule has 0 N–H and O–H groups in total. The van der Waals surface area contributed by atoms with Gasteiger partial charge in [-0.3, -0.25) is 14.4 Å². The molecule has 0 radical (unpaired) electrons. The van der Waals surface area contributed by atoms with E-state index in [1.165, 1.54) is 6.42 Å². The first-order valence-corrected chi connectivity index (χ1v) is 20.1. The van der Waals surface area contributed by atoms with Crippen LogP contribution in [0.15, 0.2) is 85.1 Å². The van der Waals surface area contributed by atoms with Crippen molar-refractivity contribution in [1.82, 2.24) is 0 Å². The van der Waals surface area contributed by atoms with Gasteiger partial charge >= 0.3 is 17.9 Å². The Morgan fingerprint density at radius 2 is 0.882 bits per heavy atom. The van der Waals surface area contributed by atoms with Crippen LogP contribution in [0.5, 0.6) is 0 Å². The Labute approximate surface area is 312 Å². The van der Waals surface area contributed by atoms with Crippen molar-refractivity contribution >= 4 is 17.9 Å². The zero-order valence-corrected chi connectivity index (χ0v) is 32.6. The van der Waals surface area contributed by atoms with Crippen molar-refractivity contribution < 1.29 is 28.6 Å². The molecule has 288 valence electrons. The Morgan fingerprint density at radius 1 is 0.431 bits per heavy atom. The molecule has 0 fully saturated rings. The summed E-state index contributed by atoms with van der Waals surface area (Å²) in [6.45, 7) is 6.22. The van der Waals surface area contributed by atoms with E-state index in [1.807, 2.05) is 6.08 Å². The molecule has 0 spiro atoms. The highest BCUT2D eigenvalue weighted by atomic mass is 16.6. The van der Waals surface area contributed by atoms with Crippen molar-refractivity contribution in [3.8, 4) is 0 Å². The van der Waals surface area contributed by atoms with Gasteiger partial charge in [-0.1, -0.05) is 157 Å². The summed E-state index contributed by atoms with van der Waals surface area (Å²) in [4.78, 5) is 37.3. The molecule has 0 heterocycles. The van der Waals surface area contributed by atoms with Gasteiger partial charge in [0.05, 0.1) is 6.42 Å². The second kappa shape index (κ2) is 39.4. The smallest absolute Gasteiger partial charge is 0.309 e. The molecular weight excluding hydrogens is 636 g/mol. The van der Waals surface area contributed by atoms with Gasteiger partial charge in [-0.15, -0.1) is 0 Å². The lowest BCUT2D eigenvalue weighted by Gasteiger charge is -2.18. The second-order valence-corrected chi connectivity index (χ2v) is 12.8. The SMILES string of the molecule is CC/C=C\C/C=C\C/C=C\C/C=C\C/C=C\CC(=O)OCC(COC(=O)CCCCCCC)OC(=O)CCCCCCC/C=C\C/C=C\CCC. The third-order valence-electron chi connectivity index (χ3n) is 7.90. The molecule has 0 aliphatic rings. The predicted octanol–water partition coefficient (Wildman–Crippen LogP) is 12.5. The minimum Gasteiger partial charge on any atom is -0.462 e. The summed E-state index contributed by atoms with van der Waals surface area (Å²) in [7, 11) is 0. The molecule has 1 unspecified atom stereocenters. The summed E-state index contributed by atoms with van der Waals surface area (Å²) in [5.41, 5.74) is 0. The second-order valence-electron chi connectivity index (χ2n) is 12.8. The number of unbranched alkanes of at least 4 members (excludes halogenated alkanes) is 10. The molecule has 0 aliphatic carbocycles. The van der Waals surface area contributed by atoms with E-state index in [0.717, 1.165) is 116 Å². The van der Waals surface area contributed by atoms with E-state index in [9.17, 15) is 14.4 Å². The number of allylic oxidation sites excluding steroid dienone is 13. The maximum absolute atomic E-state index is 12.6. The van der Waals surface area contributed by atoms with Crippen LogP contribution in [0, 0.1) is 0 Å². The molecule has 0 bridgehead atoms. The average molecular weight is 709 g/mol. The summed E-state index contributed by atoms with van der Waals surface area (Å²) >= 11 is 0. The highest BCUT2D eigenvalue weighted by molar-refractivity contribution is 5.72. The van der Waals surface area contributed by atoms with Crippen LogP contribution < -0.4 is 0 Å². The van der Waals surface area contributed by atoms with Gasteiger partial charge in [0, 0.05) is 12.8 Å². The lowest BCUT2D eigenvalue weighted by molar-refractivity contribution is -0.166. The zero-order valence-electron chi connectivity index (χ0n) is 32.6. The van der Waals surface area contributed by atoms with Crippen LogP contribution in [0.1, 0.15) is 162 Å². The monoisotopic (exact) mass is 709 g/mol. The Morgan fingerprint density at radius 3 is 1.45 bits per heavy atom. The summed E-state index contributed by atoms with van der Waals surface area (Å²) in [5.74, 6) is -1.09. The molecule has 0 amide bonds. The van der Waals surface area contributed by atoms with E-state index in [1.54, 1.807) is 6.08 Å². The summed E-state index contributed by atoms with van der Waals surface area (Å²) < 4.78 is 16.4. The topological polar surface area (TPSA) is 78.9 Å². The molecule has 0 saturated carbocycles. The van der Waals surface area contributed by atoms with E-state index >= 15 is 0 Å². The molecule has 0 aromatic rings. The standard InChI is InChI=1S/C45H72O6/c1-4-7-10-13-15-17-19-21-22-24-25-27-29-32-35-38-44(47)50-41-42(40-49-43(46)37-34-31-12-9-6-3)51-45(48)39-36-33-30-28-26-23-20-18-16-14-11-8-5-2/h7,10-11,14-15,17-18,20-22,25,27,32,35,42H,4-6,8-9,12-13,16,19,23-24,26,28-31,33-34,36-41H2,1-3H3/b10-7-,14-11-,17-15-,20-18-,22-21-,27-25-,35-32-. The molecule has 1 atom stereocenters. The van der Waals surface area contributed by atoms with Gasteiger partial charge in [0.1, 0.15) is 13.2 Å². The van der Waals surface area contributed by atoms with Gasteiger partial charge in [-0.05, 0) is 70.6 Å². The molecule has 0 aromatic carbocycles. The summed E-state index contributed by atoms with van der Waals surface area (Å²) in [5, 5.41) is 0. The Bertz CT molecular complexity index is 1040. The minimum absolute atomic E-state index is 0.115. The zero-order chi connectivity index (χ0) is 37.3. The Balaban J connectivity index is 4.46. The number of carbonyl (C=O) groups excluding carboxylic acids is 3. The molecule has 6 heteroatoms. The van der Waals surface area contributed by atoms with E-state index < -0.39 is 12.1 Å². The van der Waals surface area contributed by atoms with Gasteiger partial charge < -0.3 is 14.2 Å². The van der Waals surface area contributed by atoms with Crippen LogP contribution >= 0.6 is 0 Å². The van der Waals surface area contributed by atoms with E-state index in [0.29, 0.717) is 12.8 Å². The quantitative estimate of drug-likeness (QED) is 0.0286. The van der Waals surface area contributed by atoms with Crippen LogP contribution in [0.25, 0.3) is 0 Å². The molecule has 0 saturated heterocycles. The number of rotatable bonds is 34. The van der Waals surface area contributed by atoms with E-state index in [2.05, 4.69) is 93.7 Å². The fourth-order valence-corrected chi connectivity index (χ4v) is 4.90. The van der Waals surface area contributed by atoms with E-state index in [-0.39, 0.29) is 31.6 Å². The number of carbonyl (C=O) groups is 3. The van der Waals surface area contributed by atoms with Crippen LogP contribution in [0.3, 0.4) is 0 Å². The first-order chi connectivity index (χ1) is 25.0. The fraction of sp³-hybridized carbons (Fsp3) is 0.622. The maximum atomic E-state index is 12.6. The van der Waals surface area contributed by atoms with Crippen LogP contribution in [0.4, 0.5) is 0 Å². The largest absolute Gasteiger partial charge is 0.462 e. The molecule has 0 aliphatic heterocycles. The fourth-order valence-electron chi connectivity index (χ4n) is 4.90. The van der Waals surface area contributed by atoms with Crippen molar-refractivity contribution in [2.75, 3.05) is 13.2 Å². The van der Waals surface area contributed by atoms with Crippen LogP contribution in [-0.2, 0) is 28.6 Å². The molecular formula is C45H72O6. The molecule has 6 nitrogen and oxygen atoms in total. The Kier molecular flexibility index (Phi) is 36.7. The van der Waals surface area contributed by atoms with Crippen LogP contribution in [-0.4, -0.2) is 37.2 Å². The van der Waals surface area contributed by atoms with Gasteiger partial charge in [0.2, 0.25) is 0 Å². The highest BCUT2D eigenvalue weighted by Gasteiger charge is 2.19. The summed E-state index contributed by atoms with van der Waals surface area (Å²) in [6, 6.07) is 0. The van der Waals surface area contributed by atoms with Crippen molar-refractivity contribution in [2.45, 2.75) is 168 Å². The number of hydrogen-bond donors (Lipinski definition) is 0. The summed E-state index contributed by atoms with van der Waals surface area (Å²) in [6.07, 6.45) is 49.0.